The topological polar surface area (TPSA) is 87.3 Å². The smallest absolute Gasteiger partial charge is 0.233 e. The van der Waals surface area contributed by atoms with Gasteiger partial charge < -0.3 is 10.6 Å². The lowest BCUT2D eigenvalue weighted by Gasteiger charge is -2.20. The maximum Gasteiger partial charge on any atom is 0.233 e. The van der Waals surface area contributed by atoms with Crippen molar-refractivity contribution in [3.05, 3.63) is 0 Å². The number of hydrogen-bond donors (Lipinski definition) is 3. The van der Waals surface area contributed by atoms with Crippen molar-refractivity contribution in [1.82, 2.24) is 15.4 Å². The maximum absolute atomic E-state index is 11.7. The second-order valence-electron chi connectivity index (χ2n) is 6.07. The second-order valence-corrected chi connectivity index (χ2v) is 7.85. The van der Waals surface area contributed by atoms with E-state index in [1.165, 1.54) is 19.1 Å². The lowest BCUT2D eigenvalue weighted by Crippen LogP contribution is -2.43. The van der Waals surface area contributed by atoms with Crippen molar-refractivity contribution in [3.8, 4) is 0 Å². The molecule has 2 fully saturated rings. The number of amides is 1. The van der Waals surface area contributed by atoms with Gasteiger partial charge in [-0.25, -0.2) is 13.1 Å². The SMILES string of the molecule is CS(=O)(=O)NC1CCCC1CNC(=O)CNCC1CC1.Cl. The Balaban J connectivity index is 0.00000220. The first kappa shape index (κ1) is 18.7. The van der Waals surface area contributed by atoms with Crippen molar-refractivity contribution in [2.45, 2.75) is 38.1 Å². The van der Waals surface area contributed by atoms with Gasteiger partial charge in [-0.3, -0.25) is 4.79 Å². The minimum atomic E-state index is -3.17. The molecule has 8 heteroatoms. The number of sulfonamides is 1. The molecule has 3 N–H and O–H groups in total. The van der Waals surface area contributed by atoms with Crippen LogP contribution >= 0.6 is 12.4 Å². The Morgan fingerprint density at radius 1 is 1.14 bits per heavy atom. The van der Waals surface area contributed by atoms with Crippen molar-refractivity contribution in [3.63, 3.8) is 0 Å². The summed E-state index contributed by atoms with van der Waals surface area (Å²) in [6.45, 7) is 1.83. The predicted molar refractivity (Wildman–Crippen MR) is 85.0 cm³/mol. The molecule has 0 aromatic heterocycles. The summed E-state index contributed by atoms with van der Waals surface area (Å²) in [4.78, 5) is 11.7. The van der Waals surface area contributed by atoms with Gasteiger partial charge in [0.2, 0.25) is 15.9 Å². The normalized spacial score (nSPS) is 25.4. The van der Waals surface area contributed by atoms with E-state index in [1.807, 2.05) is 0 Å². The van der Waals surface area contributed by atoms with E-state index in [-0.39, 0.29) is 30.3 Å². The van der Waals surface area contributed by atoms with Gasteiger partial charge >= 0.3 is 0 Å². The summed E-state index contributed by atoms with van der Waals surface area (Å²) < 4.78 is 25.2. The molecule has 124 valence electrons. The Labute approximate surface area is 133 Å². The number of rotatable bonds is 8. The quantitative estimate of drug-likeness (QED) is 0.591. The largest absolute Gasteiger partial charge is 0.355 e. The molecule has 21 heavy (non-hydrogen) atoms. The molecule has 2 rings (SSSR count). The van der Waals surface area contributed by atoms with Gasteiger partial charge in [0.25, 0.3) is 0 Å². The van der Waals surface area contributed by atoms with Crippen LogP contribution in [0.2, 0.25) is 0 Å². The van der Waals surface area contributed by atoms with E-state index in [2.05, 4.69) is 15.4 Å². The molecule has 2 saturated carbocycles. The average molecular weight is 340 g/mol. The number of nitrogens with one attached hydrogen (secondary N) is 3. The third-order valence-corrected chi connectivity index (χ3v) is 4.73. The average Bonchev–Trinajstić information content (AvgIpc) is 3.06. The molecule has 2 aliphatic carbocycles. The third-order valence-electron chi connectivity index (χ3n) is 4.00. The van der Waals surface area contributed by atoms with Crippen LogP contribution in [0.15, 0.2) is 0 Å². The Kier molecular flexibility index (Phi) is 7.39. The van der Waals surface area contributed by atoms with Crippen molar-refractivity contribution in [1.29, 1.82) is 0 Å². The molecule has 0 bridgehead atoms. The summed E-state index contributed by atoms with van der Waals surface area (Å²) in [5, 5.41) is 6.05. The zero-order valence-corrected chi connectivity index (χ0v) is 14.1. The monoisotopic (exact) mass is 339 g/mol. The zero-order valence-electron chi connectivity index (χ0n) is 12.4. The fraction of sp³-hybridized carbons (Fsp3) is 0.923. The van der Waals surface area contributed by atoms with E-state index in [9.17, 15) is 13.2 Å². The van der Waals surface area contributed by atoms with Crippen LogP contribution < -0.4 is 15.4 Å². The fourth-order valence-corrected chi connectivity index (χ4v) is 3.59. The molecule has 0 spiro atoms. The van der Waals surface area contributed by atoms with E-state index in [4.69, 9.17) is 0 Å². The van der Waals surface area contributed by atoms with E-state index < -0.39 is 10.0 Å². The summed E-state index contributed by atoms with van der Waals surface area (Å²) in [5.41, 5.74) is 0. The van der Waals surface area contributed by atoms with Crippen LogP contribution in [-0.4, -0.2) is 46.3 Å². The molecule has 1 amide bonds. The Bertz CT molecular complexity index is 440. The summed E-state index contributed by atoms with van der Waals surface area (Å²) in [6, 6.07) is -0.0373. The van der Waals surface area contributed by atoms with Crippen molar-refractivity contribution >= 4 is 28.3 Å². The minimum Gasteiger partial charge on any atom is -0.355 e. The van der Waals surface area contributed by atoms with E-state index >= 15 is 0 Å². The molecular weight excluding hydrogens is 314 g/mol. The van der Waals surface area contributed by atoms with Gasteiger partial charge in [0.15, 0.2) is 0 Å². The summed E-state index contributed by atoms with van der Waals surface area (Å²) >= 11 is 0. The van der Waals surface area contributed by atoms with E-state index in [1.54, 1.807) is 0 Å². The van der Waals surface area contributed by atoms with Crippen LogP contribution in [0.25, 0.3) is 0 Å². The van der Waals surface area contributed by atoms with Crippen molar-refractivity contribution in [2.24, 2.45) is 11.8 Å². The Morgan fingerprint density at radius 3 is 2.48 bits per heavy atom. The van der Waals surface area contributed by atoms with Gasteiger partial charge in [0.1, 0.15) is 0 Å². The molecule has 0 saturated heterocycles. The van der Waals surface area contributed by atoms with Gasteiger partial charge in [-0.05, 0) is 44.1 Å². The number of hydrogen-bond acceptors (Lipinski definition) is 4. The number of halogens is 1. The Hall–Kier alpha value is -0.370. The predicted octanol–water partition coefficient (Wildman–Crippen LogP) is 0.242. The number of carbonyl (C=O) groups is 1. The third kappa shape index (κ3) is 7.44. The van der Waals surface area contributed by atoms with Gasteiger partial charge in [0.05, 0.1) is 12.8 Å². The molecular formula is C13H26ClN3O3S. The first-order chi connectivity index (χ1) is 9.44. The lowest BCUT2D eigenvalue weighted by atomic mass is 10.0. The molecule has 2 unspecified atom stereocenters. The minimum absolute atomic E-state index is 0. The van der Waals surface area contributed by atoms with Crippen LogP contribution in [0, 0.1) is 11.8 Å². The molecule has 0 aliphatic heterocycles. The highest BCUT2D eigenvalue weighted by molar-refractivity contribution is 7.88. The summed E-state index contributed by atoms with van der Waals surface area (Å²) in [5.74, 6) is 0.966. The van der Waals surface area contributed by atoms with Gasteiger partial charge in [-0.1, -0.05) is 6.42 Å². The molecule has 6 nitrogen and oxygen atoms in total. The first-order valence-electron chi connectivity index (χ1n) is 7.39. The molecule has 2 aliphatic rings. The molecule has 2 atom stereocenters. The highest BCUT2D eigenvalue weighted by Gasteiger charge is 2.29. The molecule has 0 aromatic carbocycles. The summed E-state index contributed by atoms with van der Waals surface area (Å²) in [7, 11) is -3.17. The van der Waals surface area contributed by atoms with Crippen LogP contribution in [0.5, 0.6) is 0 Å². The molecule has 0 aromatic rings. The van der Waals surface area contributed by atoms with Gasteiger partial charge in [-0.2, -0.15) is 0 Å². The van der Waals surface area contributed by atoms with Crippen molar-refractivity contribution in [2.75, 3.05) is 25.9 Å². The highest BCUT2D eigenvalue weighted by atomic mass is 35.5. The zero-order chi connectivity index (χ0) is 14.6. The van der Waals surface area contributed by atoms with Gasteiger partial charge in [0, 0.05) is 12.6 Å². The molecule has 0 heterocycles. The van der Waals surface area contributed by atoms with Gasteiger partial charge in [-0.15, -0.1) is 12.4 Å². The van der Waals surface area contributed by atoms with E-state index in [0.29, 0.717) is 13.1 Å². The van der Waals surface area contributed by atoms with Crippen molar-refractivity contribution < 1.29 is 13.2 Å². The van der Waals surface area contributed by atoms with E-state index in [0.717, 1.165) is 31.7 Å². The van der Waals surface area contributed by atoms with Crippen LogP contribution in [0.1, 0.15) is 32.1 Å². The summed E-state index contributed by atoms with van der Waals surface area (Å²) in [6.07, 6.45) is 6.55. The second kappa shape index (κ2) is 8.31. The lowest BCUT2D eigenvalue weighted by molar-refractivity contribution is -0.120. The standard InChI is InChI=1S/C13H25N3O3S.ClH/c1-20(18,19)16-12-4-2-3-11(12)8-15-13(17)9-14-7-10-5-6-10;/h10-12,14,16H,2-9H2,1H3,(H,15,17);1H. The van der Waals surface area contributed by atoms with Crippen LogP contribution in [0.4, 0.5) is 0 Å². The highest BCUT2D eigenvalue weighted by Crippen LogP contribution is 2.27. The molecule has 0 radical (unpaired) electrons. The fourth-order valence-electron chi connectivity index (χ4n) is 2.73. The van der Waals surface area contributed by atoms with Crippen LogP contribution in [-0.2, 0) is 14.8 Å². The number of carbonyl (C=O) groups excluding carboxylic acids is 1. The first-order valence-corrected chi connectivity index (χ1v) is 9.28. The Morgan fingerprint density at radius 2 is 1.86 bits per heavy atom. The van der Waals surface area contributed by atoms with Crippen LogP contribution in [0.3, 0.4) is 0 Å². The maximum atomic E-state index is 11.7.